The van der Waals surface area contributed by atoms with Crippen LogP contribution in [0.5, 0.6) is 0 Å². The Morgan fingerprint density at radius 3 is 2.59 bits per heavy atom. The molecule has 1 aliphatic heterocycles. The quantitative estimate of drug-likeness (QED) is 0.844. The van der Waals surface area contributed by atoms with E-state index in [9.17, 15) is 9.18 Å². The van der Waals surface area contributed by atoms with Crippen molar-refractivity contribution in [1.29, 1.82) is 0 Å². The number of carbonyl (C=O) groups excluding carboxylic acids is 1. The average Bonchev–Trinajstić information content (AvgIpc) is 3.08. The highest BCUT2D eigenvalue weighted by atomic mass is 19.1. The van der Waals surface area contributed by atoms with E-state index < -0.39 is 5.82 Å². The number of urea groups is 1. The predicted molar refractivity (Wildman–Crippen MR) is 102 cm³/mol. The fourth-order valence-corrected chi connectivity index (χ4v) is 3.31. The van der Waals surface area contributed by atoms with Crippen molar-refractivity contribution in [2.45, 2.75) is 32.1 Å². The number of halogens is 1. The van der Waals surface area contributed by atoms with Crippen molar-refractivity contribution in [2.75, 3.05) is 38.5 Å². The van der Waals surface area contributed by atoms with Gasteiger partial charge in [0.05, 0.1) is 11.4 Å². The molecule has 1 aromatic carbocycles. The first-order valence-corrected chi connectivity index (χ1v) is 9.52. The van der Waals surface area contributed by atoms with Gasteiger partial charge in [0.2, 0.25) is 0 Å². The third kappa shape index (κ3) is 5.50. The van der Waals surface area contributed by atoms with Crippen LogP contribution in [-0.4, -0.2) is 63.8 Å². The molecule has 1 aliphatic rings. The van der Waals surface area contributed by atoms with E-state index in [4.69, 9.17) is 0 Å². The van der Waals surface area contributed by atoms with Gasteiger partial charge in [-0.1, -0.05) is 12.8 Å². The summed E-state index contributed by atoms with van der Waals surface area (Å²) in [5, 5.41) is 10.1. The number of carbonyl (C=O) groups is 1. The van der Waals surface area contributed by atoms with Crippen LogP contribution < -0.4 is 5.32 Å². The number of anilines is 1. The Balaban J connectivity index is 1.51. The minimum absolute atomic E-state index is 0.144. The van der Waals surface area contributed by atoms with E-state index in [1.165, 1.54) is 44.4 Å². The Morgan fingerprint density at radius 1 is 1.19 bits per heavy atom. The predicted octanol–water partition coefficient (Wildman–Crippen LogP) is 3.14. The zero-order valence-corrected chi connectivity index (χ0v) is 15.8. The average molecular weight is 374 g/mol. The summed E-state index contributed by atoms with van der Waals surface area (Å²) in [4.78, 5) is 16.5. The summed E-state index contributed by atoms with van der Waals surface area (Å²) in [5.74, 6) is -0.474. The van der Waals surface area contributed by atoms with Gasteiger partial charge in [0.1, 0.15) is 18.5 Å². The third-order valence-corrected chi connectivity index (χ3v) is 4.92. The monoisotopic (exact) mass is 374 g/mol. The Hall–Kier alpha value is -2.48. The molecule has 7 nitrogen and oxygen atoms in total. The van der Waals surface area contributed by atoms with E-state index in [1.54, 1.807) is 28.6 Å². The van der Waals surface area contributed by atoms with E-state index in [0.29, 0.717) is 12.2 Å². The van der Waals surface area contributed by atoms with Crippen molar-refractivity contribution < 1.29 is 9.18 Å². The molecule has 8 heteroatoms. The van der Waals surface area contributed by atoms with Crippen LogP contribution in [0.25, 0.3) is 5.69 Å². The first-order chi connectivity index (χ1) is 13.1. The molecule has 1 saturated heterocycles. The molecule has 0 unspecified atom stereocenters. The molecule has 2 aromatic rings. The van der Waals surface area contributed by atoms with Gasteiger partial charge in [0, 0.05) is 13.6 Å². The van der Waals surface area contributed by atoms with Crippen molar-refractivity contribution in [3.8, 4) is 5.69 Å². The van der Waals surface area contributed by atoms with E-state index in [0.717, 1.165) is 26.1 Å². The van der Waals surface area contributed by atoms with Crippen LogP contribution in [0.3, 0.4) is 0 Å². The molecular formula is C19H27FN6O. The molecule has 0 radical (unpaired) electrons. The maximum Gasteiger partial charge on any atom is 0.321 e. The van der Waals surface area contributed by atoms with Gasteiger partial charge in [-0.25, -0.2) is 9.18 Å². The van der Waals surface area contributed by atoms with Crippen LogP contribution in [0.1, 0.15) is 32.1 Å². The highest BCUT2D eigenvalue weighted by molar-refractivity contribution is 5.89. The smallest absolute Gasteiger partial charge is 0.321 e. The van der Waals surface area contributed by atoms with Crippen molar-refractivity contribution in [1.82, 2.24) is 24.6 Å². The summed E-state index contributed by atoms with van der Waals surface area (Å²) in [6.07, 6.45) is 9.11. The SMILES string of the molecule is CN(CCCN1CCCCCC1)C(=O)Nc1cc(-n2cnnc2)ccc1F. The molecule has 1 fully saturated rings. The summed E-state index contributed by atoms with van der Waals surface area (Å²) < 4.78 is 15.7. The van der Waals surface area contributed by atoms with Crippen molar-refractivity contribution in [3.05, 3.63) is 36.7 Å². The highest BCUT2D eigenvalue weighted by Gasteiger charge is 2.14. The summed E-state index contributed by atoms with van der Waals surface area (Å²) in [7, 11) is 1.74. The number of nitrogens with zero attached hydrogens (tertiary/aromatic N) is 5. The van der Waals surface area contributed by atoms with Crippen LogP contribution in [0, 0.1) is 5.82 Å². The van der Waals surface area contributed by atoms with Crippen LogP contribution >= 0.6 is 0 Å². The molecule has 3 rings (SSSR count). The topological polar surface area (TPSA) is 66.3 Å². The largest absolute Gasteiger partial charge is 0.328 e. The van der Waals surface area contributed by atoms with Gasteiger partial charge < -0.3 is 15.1 Å². The molecule has 2 amide bonds. The van der Waals surface area contributed by atoms with E-state index in [2.05, 4.69) is 20.4 Å². The van der Waals surface area contributed by atoms with Crippen LogP contribution in [0.4, 0.5) is 14.9 Å². The Labute approximate surface area is 159 Å². The number of rotatable bonds is 6. The minimum atomic E-state index is -0.474. The second kappa shape index (κ2) is 9.45. The number of amides is 2. The second-order valence-electron chi connectivity index (χ2n) is 6.99. The summed E-state index contributed by atoms with van der Waals surface area (Å²) in [6.45, 7) is 3.93. The lowest BCUT2D eigenvalue weighted by Crippen LogP contribution is -2.34. The lowest BCUT2D eigenvalue weighted by atomic mass is 10.2. The normalized spacial score (nSPS) is 15.3. The number of hydrogen-bond acceptors (Lipinski definition) is 4. The first-order valence-electron chi connectivity index (χ1n) is 9.52. The molecule has 27 heavy (non-hydrogen) atoms. The fourth-order valence-electron chi connectivity index (χ4n) is 3.31. The lowest BCUT2D eigenvalue weighted by Gasteiger charge is -2.22. The molecule has 0 saturated carbocycles. The molecule has 0 aliphatic carbocycles. The maximum atomic E-state index is 14.1. The number of hydrogen-bond donors (Lipinski definition) is 1. The Bertz CT molecular complexity index is 728. The van der Waals surface area contributed by atoms with Gasteiger partial charge in [0.15, 0.2) is 0 Å². The molecule has 0 bridgehead atoms. The van der Waals surface area contributed by atoms with Crippen LogP contribution in [0.2, 0.25) is 0 Å². The van der Waals surface area contributed by atoms with Crippen LogP contribution in [-0.2, 0) is 0 Å². The van der Waals surface area contributed by atoms with E-state index in [-0.39, 0.29) is 11.7 Å². The van der Waals surface area contributed by atoms with Gasteiger partial charge in [-0.3, -0.25) is 4.57 Å². The maximum absolute atomic E-state index is 14.1. The number of benzene rings is 1. The Morgan fingerprint density at radius 2 is 1.89 bits per heavy atom. The summed E-state index contributed by atoms with van der Waals surface area (Å²) in [5.41, 5.74) is 0.825. The van der Waals surface area contributed by atoms with Crippen molar-refractivity contribution in [2.24, 2.45) is 0 Å². The zero-order chi connectivity index (χ0) is 19.1. The third-order valence-electron chi connectivity index (χ3n) is 4.92. The number of aromatic nitrogens is 3. The Kier molecular flexibility index (Phi) is 6.75. The second-order valence-corrected chi connectivity index (χ2v) is 6.99. The molecule has 1 aromatic heterocycles. The van der Waals surface area contributed by atoms with Crippen molar-refractivity contribution in [3.63, 3.8) is 0 Å². The molecule has 146 valence electrons. The standard InChI is InChI=1S/C19H27FN6O/c1-24(9-6-12-25-10-4-2-3-5-11-25)19(27)23-18-13-16(7-8-17(18)20)26-14-21-22-15-26/h7-8,13-15H,2-6,9-12H2,1H3,(H,23,27). The molecular weight excluding hydrogens is 347 g/mol. The van der Waals surface area contributed by atoms with Crippen LogP contribution in [0.15, 0.2) is 30.9 Å². The molecule has 1 N–H and O–H groups in total. The first kappa shape index (κ1) is 19.3. The van der Waals surface area contributed by atoms with Gasteiger partial charge in [-0.05, 0) is 57.1 Å². The van der Waals surface area contributed by atoms with Gasteiger partial charge in [-0.2, -0.15) is 0 Å². The number of nitrogens with one attached hydrogen (secondary N) is 1. The van der Waals surface area contributed by atoms with E-state index in [1.807, 2.05) is 0 Å². The van der Waals surface area contributed by atoms with Crippen molar-refractivity contribution >= 4 is 11.7 Å². The summed E-state index contributed by atoms with van der Waals surface area (Å²) >= 11 is 0. The van der Waals surface area contributed by atoms with Gasteiger partial charge >= 0.3 is 6.03 Å². The van der Waals surface area contributed by atoms with E-state index >= 15 is 0 Å². The minimum Gasteiger partial charge on any atom is -0.328 e. The zero-order valence-electron chi connectivity index (χ0n) is 15.8. The fraction of sp³-hybridized carbons (Fsp3) is 0.526. The molecule has 0 atom stereocenters. The lowest BCUT2D eigenvalue weighted by molar-refractivity contribution is 0.215. The van der Waals surface area contributed by atoms with Gasteiger partial charge in [-0.15, -0.1) is 10.2 Å². The van der Waals surface area contributed by atoms with Gasteiger partial charge in [0.25, 0.3) is 0 Å². The number of likely N-dealkylation sites (tertiary alicyclic amines) is 1. The molecule has 2 heterocycles. The highest BCUT2D eigenvalue weighted by Crippen LogP contribution is 2.19. The molecule has 0 spiro atoms. The summed E-state index contributed by atoms with van der Waals surface area (Å²) in [6, 6.07) is 4.19.